The number of aromatic nitrogens is 2. The van der Waals surface area contributed by atoms with Gasteiger partial charge in [-0.25, -0.2) is 0 Å². The molecule has 0 aliphatic rings. The SMILES string of the molecule is COc1cccc(OCC(=O)Nc2c(C)n[nH]c2C)c1. The molecule has 0 radical (unpaired) electrons. The molecular weight excluding hydrogens is 258 g/mol. The second kappa shape index (κ2) is 6.10. The number of hydrogen-bond donors (Lipinski definition) is 2. The van der Waals surface area contributed by atoms with Crippen LogP contribution in [0.15, 0.2) is 24.3 Å². The topological polar surface area (TPSA) is 76.2 Å². The number of hydrogen-bond acceptors (Lipinski definition) is 4. The second-order valence-corrected chi connectivity index (χ2v) is 4.32. The average molecular weight is 275 g/mol. The zero-order valence-corrected chi connectivity index (χ0v) is 11.7. The molecule has 20 heavy (non-hydrogen) atoms. The van der Waals surface area contributed by atoms with Crippen molar-refractivity contribution in [3.05, 3.63) is 35.7 Å². The standard InChI is InChI=1S/C14H17N3O3/c1-9-14(10(2)17-16-9)15-13(18)8-20-12-6-4-5-11(7-12)19-3/h4-7H,8H2,1-3H3,(H,15,18)(H,16,17). The van der Waals surface area contributed by atoms with Gasteiger partial charge in [-0.2, -0.15) is 5.10 Å². The Bertz CT molecular complexity index is 588. The number of benzene rings is 1. The van der Waals surface area contributed by atoms with Crippen molar-refractivity contribution >= 4 is 11.6 Å². The van der Waals surface area contributed by atoms with Crippen LogP contribution in [-0.4, -0.2) is 29.8 Å². The van der Waals surface area contributed by atoms with Gasteiger partial charge in [0.15, 0.2) is 6.61 Å². The summed E-state index contributed by atoms with van der Waals surface area (Å²) in [6.07, 6.45) is 0. The van der Waals surface area contributed by atoms with E-state index in [2.05, 4.69) is 15.5 Å². The first kappa shape index (κ1) is 13.9. The Labute approximate surface area is 117 Å². The van der Waals surface area contributed by atoms with Gasteiger partial charge in [0.2, 0.25) is 0 Å². The molecule has 2 N–H and O–H groups in total. The summed E-state index contributed by atoms with van der Waals surface area (Å²) in [5, 5.41) is 9.59. The van der Waals surface area contributed by atoms with Gasteiger partial charge in [-0.05, 0) is 26.0 Å². The van der Waals surface area contributed by atoms with Crippen LogP contribution in [0.5, 0.6) is 11.5 Å². The number of aryl methyl sites for hydroxylation is 2. The molecule has 106 valence electrons. The maximum atomic E-state index is 11.8. The van der Waals surface area contributed by atoms with Crippen molar-refractivity contribution in [2.45, 2.75) is 13.8 Å². The van der Waals surface area contributed by atoms with Crippen molar-refractivity contribution in [1.29, 1.82) is 0 Å². The van der Waals surface area contributed by atoms with Crippen molar-refractivity contribution in [2.75, 3.05) is 19.0 Å². The van der Waals surface area contributed by atoms with Gasteiger partial charge in [-0.3, -0.25) is 9.89 Å². The molecule has 2 rings (SSSR count). The Morgan fingerprint density at radius 1 is 1.35 bits per heavy atom. The highest BCUT2D eigenvalue weighted by atomic mass is 16.5. The van der Waals surface area contributed by atoms with Crippen molar-refractivity contribution in [1.82, 2.24) is 10.2 Å². The lowest BCUT2D eigenvalue weighted by Crippen LogP contribution is -2.20. The van der Waals surface area contributed by atoms with Crippen LogP contribution in [0.4, 0.5) is 5.69 Å². The van der Waals surface area contributed by atoms with Crippen molar-refractivity contribution < 1.29 is 14.3 Å². The predicted octanol–water partition coefficient (Wildman–Crippen LogP) is 2.05. The van der Waals surface area contributed by atoms with E-state index in [1.54, 1.807) is 25.3 Å². The van der Waals surface area contributed by atoms with E-state index in [0.29, 0.717) is 17.2 Å². The number of amides is 1. The molecule has 2 aromatic rings. The Balaban J connectivity index is 1.92. The second-order valence-electron chi connectivity index (χ2n) is 4.32. The number of nitrogens with zero attached hydrogens (tertiary/aromatic N) is 1. The number of methoxy groups -OCH3 is 1. The minimum atomic E-state index is -0.236. The van der Waals surface area contributed by atoms with Gasteiger partial charge in [0.25, 0.3) is 5.91 Å². The van der Waals surface area contributed by atoms with E-state index in [1.807, 2.05) is 19.9 Å². The average Bonchev–Trinajstić information content (AvgIpc) is 2.77. The first-order valence-corrected chi connectivity index (χ1v) is 6.18. The van der Waals surface area contributed by atoms with Crippen LogP contribution < -0.4 is 14.8 Å². The van der Waals surface area contributed by atoms with E-state index in [4.69, 9.17) is 9.47 Å². The lowest BCUT2D eigenvalue weighted by atomic mass is 10.3. The predicted molar refractivity (Wildman–Crippen MR) is 75.2 cm³/mol. The summed E-state index contributed by atoms with van der Waals surface area (Å²) in [5.74, 6) is 1.03. The Morgan fingerprint density at radius 3 is 2.75 bits per heavy atom. The molecular formula is C14H17N3O3. The molecule has 6 heteroatoms. The maximum Gasteiger partial charge on any atom is 0.262 e. The van der Waals surface area contributed by atoms with Gasteiger partial charge in [0, 0.05) is 6.07 Å². The van der Waals surface area contributed by atoms with E-state index in [-0.39, 0.29) is 12.5 Å². The highest BCUT2D eigenvalue weighted by molar-refractivity contribution is 5.92. The fourth-order valence-electron chi connectivity index (χ4n) is 1.75. The first-order chi connectivity index (χ1) is 9.60. The lowest BCUT2D eigenvalue weighted by Gasteiger charge is -2.08. The molecule has 1 aromatic heterocycles. The van der Waals surface area contributed by atoms with Crippen LogP contribution in [0.1, 0.15) is 11.4 Å². The molecule has 0 saturated heterocycles. The molecule has 0 aliphatic heterocycles. The number of nitrogens with one attached hydrogen (secondary N) is 2. The molecule has 0 spiro atoms. The van der Waals surface area contributed by atoms with Crippen LogP contribution >= 0.6 is 0 Å². The summed E-state index contributed by atoms with van der Waals surface area (Å²) < 4.78 is 10.5. The van der Waals surface area contributed by atoms with Crippen LogP contribution in [0, 0.1) is 13.8 Å². The van der Waals surface area contributed by atoms with Crippen molar-refractivity contribution in [3.63, 3.8) is 0 Å². The molecule has 1 amide bonds. The van der Waals surface area contributed by atoms with Gasteiger partial charge in [0.1, 0.15) is 11.5 Å². The molecule has 0 atom stereocenters. The van der Waals surface area contributed by atoms with E-state index in [9.17, 15) is 4.79 Å². The fourth-order valence-corrected chi connectivity index (χ4v) is 1.75. The molecule has 0 saturated carbocycles. The highest BCUT2D eigenvalue weighted by Crippen LogP contribution is 2.19. The number of anilines is 1. The minimum Gasteiger partial charge on any atom is -0.497 e. The van der Waals surface area contributed by atoms with Crippen LogP contribution in [0.3, 0.4) is 0 Å². The number of aromatic amines is 1. The number of carbonyl (C=O) groups is 1. The summed E-state index contributed by atoms with van der Waals surface area (Å²) in [6.45, 7) is 3.60. The molecule has 1 aromatic carbocycles. The van der Waals surface area contributed by atoms with Gasteiger partial charge in [0.05, 0.1) is 24.2 Å². The van der Waals surface area contributed by atoms with E-state index in [1.165, 1.54) is 0 Å². The van der Waals surface area contributed by atoms with Crippen LogP contribution in [0.25, 0.3) is 0 Å². The summed E-state index contributed by atoms with van der Waals surface area (Å²) in [4.78, 5) is 11.8. The fraction of sp³-hybridized carbons (Fsp3) is 0.286. The third-order valence-corrected chi connectivity index (χ3v) is 2.80. The summed E-state index contributed by atoms with van der Waals surface area (Å²) in [6, 6.07) is 7.10. The van der Waals surface area contributed by atoms with Crippen LogP contribution in [-0.2, 0) is 4.79 Å². The smallest absolute Gasteiger partial charge is 0.262 e. The molecule has 0 unspecified atom stereocenters. The monoisotopic (exact) mass is 275 g/mol. The molecule has 1 heterocycles. The van der Waals surface area contributed by atoms with Crippen molar-refractivity contribution in [2.24, 2.45) is 0 Å². The summed E-state index contributed by atoms with van der Waals surface area (Å²) in [7, 11) is 1.58. The van der Waals surface area contributed by atoms with Gasteiger partial charge in [-0.15, -0.1) is 0 Å². The summed E-state index contributed by atoms with van der Waals surface area (Å²) in [5.41, 5.74) is 2.26. The van der Waals surface area contributed by atoms with E-state index < -0.39 is 0 Å². The van der Waals surface area contributed by atoms with Crippen molar-refractivity contribution in [3.8, 4) is 11.5 Å². The zero-order chi connectivity index (χ0) is 14.5. The third kappa shape index (κ3) is 3.28. The number of rotatable bonds is 5. The largest absolute Gasteiger partial charge is 0.497 e. The quantitative estimate of drug-likeness (QED) is 0.875. The van der Waals surface area contributed by atoms with E-state index >= 15 is 0 Å². The zero-order valence-electron chi connectivity index (χ0n) is 11.7. The Morgan fingerprint density at radius 2 is 2.10 bits per heavy atom. The number of carbonyl (C=O) groups excluding carboxylic acids is 1. The number of ether oxygens (including phenoxy) is 2. The van der Waals surface area contributed by atoms with Gasteiger partial charge in [-0.1, -0.05) is 6.07 Å². The molecule has 0 aliphatic carbocycles. The number of H-pyrrole nitrogens is 1. The third-order valence-electron chi connectivity index (χ3n) is 2.80. The molecule has 0 fully saturated rings. The Hall–Kier alpha value is -2.50. The maximum absolute atomic E-state index is 11.8. The first-order valence-electron chi connectivity index (χ1n) is 6.18. The van der Waals surface area contributed by atoms with E-state index in [0.717, 1.165) is 11.4 Å². The Kier molecular flexibility index (Phi) is 4.24. The lowest BCUT2D eigenvalue weighted by molar-refractivity contribution is -0.118. The van der Waals surface area contributed by atoms with Gasteiger partial charge >= 0.3 is 0 Å². The molecule has 0 bridgehead atoms. The summed E-state index contributed by atoms with van der Waals surface area (Å²) >= 11 is 0. The molecule has 6 nitrogen and oxygen atoms in total. The minimum absolute atomic E-state index is 0.0722. The van der Waals surface area contributed by atoms with Crippen LogP contribution in [0.2, 0.25) is 0 Å². The highest BCUT2D eigenvalue weighted by Gasteiger charge is 2.10. The normalized spacial score (nSPS) is 10.2. The van der Waals surface area contributed by atoms with Gasteiger partial charge < -0.3 is 14.8 Å².